The second kappa shape index (κ2) is 5.55. The summed E-state index contributed by atoms with van der Waals surface area (Å²) in [4.78, 5) is 0. The molecule has 0 atom stereocenters. The fraction of sp³-hybridized carbons (Fsp3) is 0. The number of benzene rings is 2. The number of halogens is 4. The van der Waals surface area contributed by atoms with E-state index in [1.807, 2.05) is 6.07 Å². The van der Waals surface area contributed by atoms with Crippen molar-refractivity contribution in [2.75, 3.05) is 5.32 Å². The van der Waals surface area contributed by atoms with Crippen molar-refractivity contribution in [1.82, 2.24) is 0 Å². The second-order valence-corrected chi connectivity index (χ2v) is 4.94. The number of anilines is 2. The highest BCUT2D eigenvalue weighted by molar-refractivity contribution is 9.10. The zero-order valence-corrected chi connectivity index (χ0v) is 11.7. The molecule has 0 fully saturated rings. The molecular formula is C13H6BrClF2N2. The van der Waals surface area contributed by atoms with Gasteiger partial charge in [0.15, 0.2) is 0 Å². The molecule has 0 radical (unpaired) electrons. The summed E-state index contributed by atoms with van der Waals surface area (Å²) in [6, 6.07) is 8.17. The molecular weight excluding hydrogens is 338 g/mol. The van der Waals surface area contributed by atoms with Crippen molar-refractivity contribution in [2.45, 2.75) is 0 Å². The predicted molar refractivity (Wildman–Crippen MR) is 73.5 cm³/mol. The van der Waals surface area contributed by atoms with Crippen LogP contribution in [0.5, 0.6) is 0 Å². The molecule has 0 aliphatic carbocycles. The molecule has 2 aromatic carbocycles. The Morgan fingerprint density at radius 3 is 2.53 bits per heavy atom. The summed E-state index contributed by atoms with van der Waals surface area (Å²) in [5, 5.41) is 11.5. The lowest BCUT2D eigenvalue weighted by Gasteiger charge is -2.11. The first-order chi connectivity index (χ1) is 9.01. The molecule has 2 aromatic rings. The van der Waals surface area contributed by atoms with Crippen LogP contribution in [0.25, 0.3) is 0 Å². The third kappa shape index (κ3) is 3.03. The molecule has 0 saturated carbocycles. The molecule has 0 heterocycles. The quantitative estimate of drug-likeness (QED) is 0.833. The number of rotatable bonds is 2. The number of nitriles is 1. The van der Waals surface area contributed by atoms with Crippen molar-refractivity contribution >= 4 is 38.9 Å². The number of nitrogens with one attached hydrogen (secondary N) is 1. The smallest absolute Gasteiger partial charge is 0.147 e. The molecule has 0 aromatic heterocycles. The van der Waals surface area contributed by atoms with Gasteiger partial charge < -0.3 is 5.32 Å². The van der Waals surface area contributed by atoms with Gasteiger partial charge in [0.1, 0.15) is 11.6 Å². The van der Waals surface area contributed by atoms with Gasteiger partial charge in [-0.05, 0) is 46.3 Å². The van der Waals surface area contributed by atoms with Crippen LogP contribution in [-0.4, -0.2) is 0 Å². The lowest BCUT2D eigenvalue weighted by atomic mass is 10.2. The summed E-state index contributed by atoms with van der Waals surface area (Å²) < 4.78 is 27.2. The van der Waals surface area contributed by atoms with Gasteiger partial charge in [-0.3, -0.25) is 0 Å². The Kier molecular flexibility index (Phi) is 4.03. The molecule has 2 rings (SSSR count). The first kappa shape index (κ1) is 13.8. The van der Waals surface area contributed by atoms with E-state index in [1.165, 1.54) is 18.2 Å². The Hall–Kier alpha value is -1.64. The van der Waals surface area contributed by atoms with E-state index in [4.69, 9.17) is 16.9 Å². The Morgan fingerprint density at radius 1 is 1.21 bits per heavy atom. The normalized spacial score (nSPS) is 10.1. The maximum absolute atomic E-state index is 13.7. The highest BCUT2D eigenvalue weighted by Gasteiger charge is 2.11. The van der Waals surface area contributed by atoms with Crippen LogP contribution in [-0.2, 0) is 0 Å². The highest BCUT2D eigenvalue weighted by Crippen LogP contribution is 2.34. The van der Waals surface area contributed by atoms with Gasteiger partial charge in [-0.25, -0.2) is 8.78 Å². The lowest BCUT2D eigenvalue weighted by molar-refractivity contribution is 0.627. The molecule has 96 valence electrons. The third-order valence-electron chi connectivity index (χ3n) is 2.36. The van der Waals surface area contributed by atoms with Crippen molar-refractivity contribution < 1.29 is 8.78 Å². The van der Waals surface area contributed by atoms with Crippen LogP contribution in [0, 0.1) is 23.0 Å². The molecule has 1 N–H and O–H groups in total. The van der Waals surface area contributed by atoms with E-state index in [0.29, 0.717) is 10.2 Å². The first-order valence-electron chi connectivity index (χ1n) is 5.12. The molecule has 0 saturated heterocycles. The molecule has 19 heavy (non-hydrogen) atoms. The highest BCUT2D eigenvalue weighted by atomic mass is 79.9. The first-order valence-corrected chi connectivity index (χ1v) is 6.29. The Balaban J connectivity index is 2.40. The fourth-order valence-corrected chi connectivity index (χ4v) is 2.38. The van der Waals surface area contributed by atoms with Crippen molar-refractivity contribution in [3.63, 3.8) is 0 Å². The van der Waals surface area contributed by atoms with Crippen LogP contribution in [0.3, 0.4) is 0 Å². The van der Waals surface area contributed by atoms with Gasteiger partial charge in [-0.1, -0.05) is 11.6 Å². The summed E-state index contributed by atoms with van der Waals surface area (Å²) in [7, 11) is 0. The third-order valence-corrected chi connectivity index (χ3v) is 3.29. The van der Waals surface area contributed by atoms with Crippen molar-refractivity contribution in [3.8, 4) is 6.07 Å². The van der Waals surface area contributed by atoms with E-state index in [-0.39, 0.29) is 16.3 Å². The van der Waals surface area contributed by atoms with Crippen LogP contribution in [0.4, 0.5) is 20.2 Å². The second-order valence-electron chi connectivity index (χ2n) is 3.68. The minimum atomic E-state index is -0.591. The SMILES string of the molecule is N#Cc1ccc(Nc2c(Cl)cc(F)cc2Br)c(F)c1. The van der Waals surface area contributed by atoms with E-state index in [0.717, 1.165) is 12.1 Å². The molecule has 0 bridgehead atoms. The van der Waals surface area contributed by atoms with Crippen LogP contribution in [0.1, 0.15) is 5.56 Å². The van der Waals surface area contributed by atoms with Crippen LogP contribution < -0.4 is 5.32 Å². The number of hydrogen-bond acceptors (Lipinski definition) is 2. The zero-order valence-electron chi connectivity index (χ0n) is 9.35. The van der Waals surface area contributed by atoms with Gasteiger partial charge in [0.25, 0.3) is 0 Å². The summed E-state index contributed by atoms with van der Waals surface area (Å²) in [6.07, 6.45) is 0. The van der Waals surface area contributed by atoms with E-state index in [1.54, 1.807) is 0 Å². The van der Waals surface area contributed by atoms with E-state index in [2.05, 4.69) is 21.2 Å². The minimum Gasteiger partial charge on any atom is -0.351 e. The van der Waals surface area contributed by atoms with Gasteiger partial charge in [-0.2, -0.15) is 5.26 Å². The lowest BCUT2D eigenvalue weighted by Crippen LogP contribution is -1.97. The Bertz CT molecular complexity index is 660. The van der Waals surface area contributed by atoms with E-state index in [9.17, 15) is 8.78 Å². The summed E-state index contributed by atoms with van der Waals surface area (Å²) >= 11 is 9.03. The Labute approximate surface area is 121 Å². The molecule has 2 nitrogen and oxygen atoms in total. The maximum atomic E-state index is 13.7. The van der Waals surface area contributed by atoms with Crippen molar-refractivity contribution in [3.05, 3.63) is 57.0 Å². The molecule has 0 amide bonds. The summed E-state index contributed by atoms with van der Waals surface area (Å²) in [5.41, 5.74) is 0.715. The molecule has 0 aliphatic heterocycles. The van der Waals surface area contributed by atoms with Gasteiger partial charge in [0, 0.05) is 4.47 Å². The molecule has 0 spiro atoms. The van der Waals surface area contributed by atoms with Crippen molar-refractivity contribution in [2.24, 2.45) is 0 Å². The minimum absolute atomic E-state index is 0.121. The van der Waals surface area contributed by atoms with Gasteiger partial charge in [0.2, 0.25) is 0 Å². The van der Waals surface area contributed by atoms with Crippen LogP contribution in [0.2, 0.25) is 5.02 Å². The average Bonchev–Trinajstić information content (AvgIpc) is 2.35. The molecule has 0 unspecified atom stereocenters. The fourth-order valence-electron chi connectivity index (χ4n) is 1.48. The molecule has 6 heteroatoms. The van der Waals surface area contributed by atoms with Gasteiger partial charge >= 0.3 is 0 Å². The summed E-state index contributed by atoms with van der Waals surface area (Å²) in [5.74, 6) is -1.09. The van der Waals surface area contributed by atoms with Crippen LogP contribution >= 0.6 is 27.5 Å². The van der Waals surface area contributed by atoms with Gasteiger partial charge in [0.05, 0.1) is 28.0 Å². The van der Waals surface area contributed by atoms with Crippen molar-refractivity contribution in [1.29, 1.82) is 5.26 Å². The maximum Gasteiger partial charge on any atom is 0.147 e. The average molecular weight is 344 g/mol. The van der Waals surface area contributed by atoms with E-state index >= 15 is 0 Å². The molecule has 0 aliphatic rings. The zero-order chi connectivity index (χ0) is 14.0. The van der Waals surface area contributed by atoms with Gasteiger partial charge in [-0.15, -0.1) is 0 Å². The number of nitrogens with zero attached hydrogens (tertiary/aromatic N) is 1. The van der Waals surface area contributed by atoms with Crippen LogP contribution in [0.15, 0.2) is 34.8 Å². The Morgan fingerprint density at radius 2 is 1.95 bits per heavy atom. The monoisotopic (exact) mass is 342 g/mol. The summed E-state index contributed by atoms with van der Waals surface area (Å²) in [6.45, 7) is 0. The topological polar surface area (TPSA) is 35.8 Å². The van der Waals surface area contributed by atoms with E-state index < -0.39 is 11.6 Å². The largest absolute Gasteiger partial charge is 0.351 e. The standard InChI is InChI=1S/C13H6BrClF2N2/c14-9-4-8(16)5-10(15)13(9)19-12-2-1-7(6-18)3-11(12)17/h1-5,19H. The predicted octanol–water partition coefficient (Wildman–Crippen LogP) is 5.00. The number of hydrogen-bond donors (Lipinski definition) is 1.